The van der Waals surface area contributed by atoms with Gasteiger partial charge in [0.25, 0.3) is 0 Å². The van der Waals surface area contributed by atoms with Gasteiger partial charge in [0.1, 0.15) is 5.54 Å². The van der Waals surface area contributed by atoms with Crippen molar-refractivity contribution in [2.24, 2.45) is 0 Å². The summed E-state index contributed by atoms with van der Waals surface area (Å²) in [5, 5.41) is 13.0. The Bertz CT molecular complexity index is 1940. The molecule has 0 unspecified atom stereocenters. The van der Waals surface area contributed by atoms with Gasteiger partial charge in [0.05, 0.1) is 17.6 Å². The molecule has 1 fully saturated rings. The highest BCUT2D eigenvalue weighted by molar-refractivity contribution is 5.88. The third kappa shape index (κ3) is 5.76. The number of hydrogen-bond donors (Lipinski definition) is 3. The van der Waals surface area contributed by atoms with Crippen molar-refractivity contribution >= 4 is 22.9 Å². The number of aromatic nitrogens is 2. The van der Waals surface area contributed by atoms with Crippen LogP contribution < -0.4 is 20.5 Å². The molecule has 1 atom stereocenters. The van der Waals surface area contributed by atoms with Crippen LogP contribution in [0.4, 0.5) is 0 Å². The predicted molar refractivity (Wildman–Crippen MR) is 177 cm³/mol. The zero-order valence-electron chi connectivity index (χ0n) is 26.0. The number of carboxylic acids is 1. The summed E-state index contributed by atoms with van der Waals surface area (Å²) in [4.78, 5) is 43.3. The van der Waals surface area contributed by atoms with Crippen LogP contribution >= 0.6 is 0 Å². The highest BCUT2D eigenvalue weighted by atomic mass is 16.7. The van der Waals surface area contributed by atoms with E-state index in [0.29, 0.717) is 43.0 Å². The molecule has 3 N–H and O–H groups in total. The Balaban J connectivity index is 1.02. The molecule has 1 amide bonds. The molecule has 0 spiro atoms. The van der Waals surface area contributed by atoms with Crippen LogP contribution in [0.2, 0.25) is 0 Å². The van der Waals surface area contributed by atoms with Gasteiger partial charge in [-0.2, -0.15) is 0 Å². The Hall–Kier alpha value is -5.35. The molecule has 2 aliphatic heterocycles. The van der Waals surface area contributed by atoms with Crippen LogP contribution in [0.5, 0.6) is 11.5 Å². The summed E-state index contributed by atoms with van der Waals surface area (Å²) >= 11 is 0. The first kappa shape index (κ1) is 30.3. The summed E-state index contributed by atoms with van der Waals surface area (Å²) in [6.45, 7) is 2.81. The number of carbonyl (C=O) groups is 2. The molecule has 240 valence electrons. The first-order chi connectivity index (χ1) is 22.7. The average Bonchev–Trinajstić information content (AvgIpc) is 3.63. The van der Waals surface area contributed by atoms with Gasteiger partial charge < -0.3 is 24.9 Å². The smallest absolute Gasteiger partial charge is 0.329 e. The molecule has 0 saturated carbocycles. The maximum Gasteiger partial charge on any atom is 0.329 e. The van der Waals surface area contributed by atoms with Gasteiger partial charge >= 0.3 is 17.4 Å². The highest BCUT2D eigenvalue weighted by Crippen LogP contribution is 2.48. The van der Waals surface area contributed by atoms with Gasteiger partial charge in [-0.05, 0) is 49.6 Å². The molecule has 10 heteroatoms. The first-order valence-electron chi connectivity index (χ1n) is 15.8. The minimum atomic E-state index is -1.56. The maximum absolute atomic E-state index is 13.2. The van der Waals surface area contributed by atoms with Gasteiger partial charge in [-0.1, -0.05) is 78.9 Å². The number of fused-ring (bicyclic) bond motifs is 2. The molecule has 1 saturated heterocycles. The number of para-hydroxylation sites is 2. The zero-order chi connectivity index (χ0) is 32.6. The normalized spacial score (nSPS) is 17.3. The van der Waals surface area contributed by atoms with E-state index in [1.54, 1.807) is 18.2 Å². The number of nitrogens with one attached hydrogen (secondary N) is 2. The van der Waals surface area contributed by atoms with E-state index in [-0.39, 0.29) is 30.6 Å². The largest absolute Gasteiger partial charge is 0.480 e. The lowest BCUT2D eigenvalue weighted by Gasteiger charge is -2.33. The molecule has 0 bridgehead atoms. The second kappa shape index (κ2) is 12.1. The second-order valence-electron chi connectivity index (χ2n) is 12.5. The van der Waals surface area contributed by atoms with E-state index in [1.165, 1.54) is 6.92 Å². The molecule has 5 aromatic rings. The Labute approximate surface area is 271 Å². The van der Waals surface area contributed by atoms with Gasteiger partial charge in [-0.25, -0.2) is 9.59 Å². The van der Waals surface area contributed by atoms with E-state index in [1.807, 2.05) is 94.4 Å². The molecule has 1 aromatic heterocycles. The summed E-state index contributed by atoms with van der Waals surface area (Å²) in [6, 6.07) is 32.4. The SMILES string of the molecule is C[C@@](Cc1ccc2c(c1)OC(c1ccccc1)(c1ccccc1)O2)(NC(=O)CN1CCC(n2c(=O)[nH]c3ccccc32)CC1)C(=O)O. The van der Waals surface area contributed by atoms with Crippen molar-refractivity contribution in [1.82, 2.24) is 19.8 Å². The summed E-state index contributed by atoms with van der Waals surface area (Å²) in [7, 11) is 0. The number of imidazole rings is 1. The van der Waals surface area contributed by atoms with Crippen LogP contribution in [-0.4, -0.2) is 56.6 Å². The van der Waals surface area contributed by atoms with Crippen LogP contribution in [0, 0.1) is 0 Å². The number of piperidine rings is 1. The predicted octanol–water partition coefficient (Wildman–Crippen LogP) is 4.84. The number of H-pyrrole nitrogens is 1. The fourth-order valence-corrected chi connectivity index (χ4v) is 6.78. The Kier molecular flexibility index (Phi) is 7.81. The molecule has 47 heavy (non-hydrogen) atoms. The van der Waals surface area contributed by atoms with E-state index in [0.717, 1.165) is 22.2 Å². The quantitative estimate of drug-likeness (QED) is 0.212. The summed E-state index contributed by atoms with van der Waals surface area (Å²) in [5.41, 5.74) is 2.32. The number of carboxylic acid groups (broad SMARTS) is 1. The van der Waals surface area contributed by atoms with E-state index < -0.39 is 17.3 Å². The number of nitrogens with zero attached hydrogens (tertiary/aromatic N) is 2. The van der Waals surface area contributed by atoms with Crippen molar-refractivity contribution in [2.45, 2.75) is 43.6 Å². The number of ether oxygens (including phenoxy) is 2. The molecule has 4 aromatic carbocycles. The fourth-order valence-electron chi connectivity index (χ4n) is 6.78. The summed E-state index contributed by atoms with van der Waals surface area (Å²) < 4.78 is 14.8. The van der Waals surface area contributed by atoms with Crippen molar-refractivity contribution in [2.75, 3.05) is 19.6 Å². The first-order valence-corrected chi connectivity index (χ1v) is 15.8. The fraction of sp³-hybridized carbons (Fsp3) is 0.270. The molecule has 0 radical (unpaired) electrons. The van der Waals surface area contributed by atoms with Crippen LogP contribution in [-0.2, 0) is 21.8 Å². The number of carbonyl (C=O) groups excluding carboxylic acids is 1. The minimum Gasteiger partial charge on any atom is -0.480 e. The second-order valence-corrected chi connectivity index (χ2v) is 12.5. The highest BCUT2D eigenvalue weighted by Gasteiger charge is 2.46. The molecule has 10 nitrogen and oxygen atoms in total. The molecule has 0 aliphatic carbocycles. The van der Waals surface area contributed by atoms with E-state index in [2.05, 4.69) is 10.3 Å². The van der Waals surface area contributed by atoms with Crippen LogP contribution in [0.25, 0.3) is 11.0 Å². The van der Waals surface area contributed by atoms with Gasteiger partial charge in [-0.3, -0.25) is 14.3 Å². The lowest BCUT2D eigenvalue weighted by Crippen LogP contribution is -2.56. The van der Waals surface area contributed by atoms with Gasteiger partial charge in [-0.15, -0.1) is 0 Å². The average molecular weight is 633 g/mol. The number of amides is 1. The van der Waals surface area contributed by atoms with Crippen LogP contribution in [0.1, 0.15) is 42.5 Å². The number of aromatic amines is 1. The maximum atomic E-state index is 13.2. The number of rotatable bonds is 9. The third-order valence-corrected chi connectivity index (χ3v) is 9.18. The van der Waals surface area contributed by atoms with E-state index in [4.69, 9.17) is 9.47 Å². The molecule has 3 heterocycles. The van der Waals surface area contributed by atoms with Gasteiger partial charge in [0.2, 0.25) is 5.91 Å². The lowest BCUT2D eigenvalue weighted by atomic mass is 9.92. The number of aliphatic carboxylic acids is 1. The molecular weight excluding hydrogens is 596 g/mol. The monoisotopic (exact) mass is 632 g/mol. The standard InChI is InChI=1S/C37H36N4O6/c1-36(34(43)44,39-33(42)24-40-20-18-28(19-21-40)41-30-15-9-8-14-29(30)38-35(41)45)23-25-16-17-31-32(22-25)47-37(46-31,26-10-4-2-5-11-26)27-12-6-3-7-13-27/h2-17,22,28H,18-21,23-24H2,1H3,(H,38,45)(H,39,42)(H,43,44)/t36-/m0/s1. The van der Waals surface area contributed by atoms with Crippen LogP contribution in [0.3, 0.4) is 0 Å². The number of likely N-dealkylation sites (tertiary alicyclic amines) is 1. The van der Waals surface area contributed by atoms with Crippen molar-refractivity contribution in [3.63, 3.8) is 0 Å². The van der Waals surface area contributed by atoms with Crippen molar-refractivity contribution < 1.29 is 24.2 Å². The van der Waals surface area contributed by atoms with Crippen molar-refractivity contribution in [3.8, 4) is 11.5 Å². The van der Waals surface area contributed by atoms with Crippen LogP contribution in [0.15, 0.2) is 108 Å². The molecular formula is C37H36N4O6. The van der Waals surface area contributed by atoms with E-state index >= 15 is 0 Å². The summed E-state index contributed by atoms with van der Waals surface area (Å²) in [6.07, 6.45) is 1.45. The minimum absolute atomic E-state index is 0.0239. The number of hydrogen-bond acceptors (Lipinski definition) is 6. The van der Waals surface area contributed by atoms with Crippen molar-refractivity contribution in [1.29, 1.82) is 0 Å². The summed E-state index contributed by atoms with van der Waals surface area (Å²) in [5.74, 6) is -1.66. The Morgan fingerprint density at radius 1 is 0.894 bits per heavy atom. The van der Waals surface area contributed by atoms with Gasteiger partial charge in [0.15, 0.2) is 11.5 Å². The molecule has 7 rings (SSSR count). The Morgan fingerprint density at radius 3 is 2.17 bits per heavy atom. The van der Waals surface area contributed by atoms with Gasteiger partial charge in [0, 0.05) is 36.7 Å². The lowest BCUT2D eigenvalue weighted by molar-refractivity contribution is -0.147. The molecule has 2 aliphatic rings. The zero-order valence-corrected chi connectivity index (χ0v) is 26.0. The number of benzene rings is 4. The topological polar surface area (TPSA) is 126 Å². The Morgan fingerprint density at radius 2 is 1.51 bits per heavy atom. The van der Waals surface area contributed by atoms with Crippen molar-refractivity contribution in [3.05, 3.63) is 130 Å². The third-order valence-electron chi connectivity index (χ3n) is 9.18. The van der Waals surface area contributed by atoms with E-state index in [9.17, 15) is 19.5 Å².